The molecule has 0 saturated heterocycles. The van der Waals surface area contributed by atoms with Gasteiger partial charge in [-0.1, -0.05) is 18.2 Å². The fraction of sp³-hybridized carbons (Fsp3) is 0.231. The molecule has 0 radical (unpaired) electrons. The third kappa shape index (κ3) is 2.79. The summed E-state index contributed by atoms with van der Waals surface area (Å²) in [4.78, 5) is 22.8. The van der Waals surface area contributed by atoms with Crippen LogP contribution in [0, 0.1) is 0 Å². The Hall–Kier alpha value is -1.90. The van der Waals surface area contributed by atoms with Gasteiger partial charge < -0.3 is 4.74 Å². The molecule has 1 aromatic rings. The Morgan fingerprint density at radius 3 is 2.38 bits per heavy atom. The maximum absolute atomic E-state index is 11.5. The van der Waals surface area contributed by atoms with E-state index in [-0.39, 0.29) is 5.78 Å². The van der Waals surface area contributed by atoms with Crippen LogP contribution < -0.4 is 4.74 Å². The number of carbonyl (C=O) groups is 2. The monoisotopic (exact) mass is 218 g/mol. The number of carbonyl (C=O) groups excluding carboxylic acids is 2. The van der Waals surface area contributed by atoms with E-state index in [0.29, 0.717) is 16.9 Å². The minimum absolute atomic E-state index is 0.124. The molecule has 3 heteroatoms. The molecule has 0 aliphatic heterocycles. The van der Waals surface area contributed by atoms with Crippen molar-refractivity contribution in [2.75, 3.05) is 0 Å². The first-order chi connectivity index (χ1) is 7.56. The highest BCUT2D eigenvalue weighted by Gasteiger charge is 2.12. The van der Waals surface area contributed by atoms with E-state index in [9.17, 15) is 9.59 Å². The summed E-state index contributed by atoms with van der Waals surface area (Å²) in [6.07, 6.45) is 1.67. The Bertz CT molecular complexity index is 444. The first kappa shape index (κ1) is 12.2. The molecule has 1 rings (SSSR count). The average Bonchev–Trinajstić information content (AvgIpc) is 2.28. The average molecular weight is 218 g/mol. The molecule has 0 N–H and O–H groups in total. The molecule has 0 unspecified atom stereocenters. The lowest BCUT2D eigenvalue weighted by Crippen LogP contribution is -2.11. The molecule has 0 bridgehead atoms. The molecule has 16 heavy (non-hydrogen) atoms. The van der Waals surface area contributed by atoms with E-state index < -0.39 is 5.97 Å². The number of ether oxygens (including phenoxy) is 1. The second-order valence-electron chi connectivity index (χ2n) is 3.41. The largest absolute Gasteiger partial charge is 0.422 e. The summed E-state index contributed by atoms with van der Waals surface area (Å²) in [7, 11) is 0. The third-order valence-corrected chi connectivity index (χ3v) is 2.22. The summed E-state index contributed by atoms with van der Waals surface area (Å²) in [5.41, 5.74) is 0.929. The van der Waals surface area contributed by atoms with Gasteiger partial charge in [0.2, 0.25) is 0 Å². The van der Waals surface area contributed by atoms with E-state index in [1.807, 2.05) is 0 Å². The Morgan fingerprint density at radius 1 is 1.19 bits per heavy atom. The van der Waals surface area contributed by atoms with Crippen molar-refractivity contribution < 1.29 is 14.3 Å². The maximum atomic E-state index is 11.5. The highest BCUT2D eigenvalue weighted by Crippen LogP contribution is 2.19. The predicted octanol–water partition coefficient (Wildman–Crippen LogP) is 2.76. The predicted molar refractivity (Wildman–Crippen MR) is 61.5 cm³/mol. The van der Waals surface area contributed by atoms with Crippen LogP contribution in [0.2, 0.25) is 0 Å². The van der Waals surface area contributed by atoms with Crippen LogP contribution in [0.25, 0.3) is 0 Å². The van der Waals surface area contributed by atoms with Crippen LogP contribution in [0.4, 0.5) is 0 Å². The molecule has 84 valence electrons. The van der Waals surface area contributed by atoms with Crippen molar-refractivity contribution in [2.45, 2.75) is 20.8 Å². The minimum atomic E-state index is -0.434. The first-order valence-corrected chi connectivity index (χ1v) is 5.01. The lowest BCUT2D eigenvalue weighted by molar-refractivity contribution is -0.130. The highest BCUT2D eigenvalue weighted by molar-refractivity contribution is 5.98. The van der Waals surface area contributed by atoms with E-state index in [0.717, 1.165) is 0 Å². The van der Waals surface area contributed by atoms with Gasteiger partial charge >= 0.3 is 5.97 Å². The number of hydrogen-bond acceptors (Lipinski definition) is 3. The number of Topliss-reactive ketones (excluding diaryl/α,β-unsaturated/α-hetero) is 1. The van der Waals surface area contributed by atoms with Gasteiger partial charge in [0, 0.05) is 5.57 Å². The molecule has 0 aromatic heterocycles. The Balaban J connectivity index is 2.98. The number of hydrogen-bond donors (Lipinski definition) is 0. The van der Waals surface area contributed by atoms with Crippen LogP contribution in [0.15, 0.2) is 35.9 Å². The smallest absolute Gasteiger partial charge is 0.338 e. The lowest BCUT2D eigenvalue weighted by Gasteiger charge is -2.07. The molecule has 0 spiro atoms. The Labute approximate surface area is 94.7 Å². The van der Waals surface area contributed by atoms with Crippen molar-refractivity contribution in [3.05, 3.63) is 41.5 Å². The highest BCUT2D eigenvalue weighted by atomic mass is 16.5. The summed E-state index contributed by atoms with van der Waals surface area (Å²) >= 11 is 0. The lowest BCUT2D eigenvalue weighted by atomic mass is 10.1. The quantitative estimate of drug-likeness (QED) is 0.339. The van der Waals surface area contributed by atoms with Gasteiger partial charge in [0.05, 0.1) is 5.56 Å². The topological polar surface area (TPSA) is 43.4 Å². The fourth-order valence-electron chi connectivity index (χ4n) is 1.14. The van der Waals surface area contributed by atoms with Crippen LogP contribution in [0.5, 0.6) is 5.75 Å². The number of allylic oxidation sites excluding steroid dienone is 1. The van der Waals surface area contributed by atoms with E-state index in [4.69, 9.17) is 4.74 Å². The van der Waals surface area contributed by atoms with Crippen molar-refractivity contribution in [1.82, 2.24) is 0 Å². The Morgan fingerprint density at radius 2 is 1.81 bits per heavy atom. The second kappa shape index (κ2) is 5.26. The van der Waals surface area contributed by atoms with Crippen LogP contribution in [-0.4, -0.2) is 11.8 Å². The summed E-state index contributed by atoms with van der Waals surface area (Å²) in [6, 6.07) is 6.70. The van der Waals surface area contributed by atoms with Gasteiger partial charge in [-0.05, 0) is 32.9 Å². The normalized spacial score (nSPS) is 11.1. The SMILES string of the molecule is C/C=C(\C)C(=O)Oc1ccccc1C(C)=O. The van der Waals surface area contributed by atoms with E-state index in [1.165, 1.54) is 6.92 Å². The molecule has 0 heterocycles. The molecule has 0 amide bonds. The fourth-order valence-corrected chi connectivity index (χ4v) is 1.14. The van der Waals surface area contributed by atoms with E-state index >= 15 is 0 Å². The number of rotatable bonds is 3. The van der Waals surface area contributed by atoms with Gasteiger partial charge in [0.25, 0.3) is 0 Å². The van der Waals surface area contributed by atoms with E-state index in [1.54, 1.807) is 44.2 Å². The van der Waals surface area contributed by atoms with Crippen molar-refractivity contribution >= 4 is 11.8 Å². The van der Waals surface area contributed by atoms with Crippen molar-refractivity contribution in [1.29, 1.82) is 0 Å². The van der Waals surface area contributed by atoms with Crippen molar-refractivity contribution in [3.8, 4) is 5.75 Å². The minimum Gasteiger partial charge on any atom is -0.422 e. The molecule has 1 aromatic carbocycles. The van der Waals surface area contributed by atoms with Crippen LogP contribution >= 0.6 is 0 Å². The summed E-state index contributed by atoms with van der Waals surface area (Å²) in [5, 5.41) is 0. The zero-order valence-electron chi connectivity index (χ0n) is 9.61. The number of ketones is 1. The molecule has 0 saturated carbocycles. The maximum Gasteiger partial charge on any atom is 0.338 e. The Kier molecular flexibility index (Phi) is 4.00. The number of para-hydroxylation sites is 1. The molecular formula is C13H14O3. The van der Waals surface area contributed by atoms with Gasteiger partial charge in [-0.2, -0.15) is 0 Å². The summed E-state index contributed by atoms with van der Waals surface area (Å²) in [6.45, 7) is 4.86. The van der Waals surface area contributed by atoms with Crippen LogP contribution in [0.3, 0.4) is 0 Å². The molecule has 0 aliphatic carbocycles. The first-order valence-electron chi connectivity index (χ1n) is 5.01. The zero-order chi connectivity index (χ0) is 12.1. The van der Waals surface area contributed by atoms with Crippen molar-refractivity contribution in [2.24, 2.45) is 0 Å². The summed E-state index contributed by atoms with van der Waals surface area (Å²) in [5.74, 6) is -0.251. The zero-order valence-corrected chi connectivity index (χ0v) is 9.61. The molecule has 0 aliphatic rings. The summed E-state index contributed by atoms with van der Waals surface area (Å²) < 4.78 is 5.13. The third-order valence-electron chi connectivity index (χ3n) is 2.22. The molecule has 0 fully saturated rings. The van der Waals surface area contributed by atoms with Gasteiger partial charge in [-0.3, -0.25) is 4.79 Å². The second-order valence-corrected chi connectivity index (χ2v) is 3.41. The number of esters is 1. The van der Waals surface area contributed by atoms with Crippen LogP contribution in [-0.2, 0) is 4.79 Å². The standard InChI is InChI=1S/C13H14O3/c1-4-9(2)13(15)16-12-8-6-5-7-11(12)10(3)14/h4-8H,1-3H3/b9-4+. The van der Waals surface area contributed by atoms with Gasteiger partial charge in [0.1, 0.15) is 5.75 Å². The molecule has 0 atom stereocenters. The van der Waals surface area contributed by atoms with Gasteiger partial charge in [0.15, 0.2) is 5.78 Å². The van der Waals surface area contributed by atoms with Crippen LogP contribution in [0.1, 0.15) is 31.1 Å². The van der Waals surface area contributed by atoms with E-state index in [2.05, 4.69) is 0 Å². The van der Waals surface area contributed by atoms with Gasteiger partial charge in [-0.25, -0.2) is 4.79 Å². The molecular weight excluding hydrogens is 204 g/mol. The number of benzene rings is 1. The molecule has 3 nitrogen and oxygen atoms in total. The van der Waals surface area contributed by atoms with Gasteiger partial charge in [-0.15, -0.1) is 0 Å². The van der Waals surface area contributed by atoms with Crippen molar-refractivity contribution in [3.63, 3.8) is 0 Å².